The van der Waals surface area contributed by atoms with E-state index in [1.54, 1.807) is 12.1 Å². The van der Waals surface area contributed by atoms with E-state index in [9.17, 15) is 15.0 Å². The van der Waals surface area contributed by atoms with E-state index >= 15 is 0 Å². The zero-order chi connectivity index (χ0) is 11.7. The molecule has 2 rings (SSSR count). The number of carbonyl (C=O) groups excluding carboxylic acids is 1. The highest BCUT2D eigenvalue weighted by molar-refractivity contribution is 8.18. The van der Waals surface area contributed by atoms with Crippen LogP contribution in [0.2, 0.25) is 0 Å². The Hall–Kier alpha value is -1.95. The number of carbonyl (C=O) groups is 1. The largest absolute Gasteiger partial charge is 0.504 e. The second-order valence-corrected chi connectivity index (χ2v) is 4.14. The molecule has 82 valence electrons. The topological polar surface area (TPSA) is 95.9 Å². The number of hydrogen-bond donors (Lipinski definition) is 3. The van der Waals surface area contributed by atoms with Gasteiger partial charge in [0.25, 0.3) is 5.91 Å². The van der Waals surface area contributed by atoms with Gasteiger partial charge in [-0.15, -0.1) is 0 Å². The van der Waals surface area contributed by atoms with Crippen molar-refractivity contribution in [2.75, 3.05) is 0 Å². The lowest BCUT2D eigenvalue weighted by atomic mass is 10.1. The molecule has 0 fully saturated rings. The summed E-state index contributed by atoms with van der Waals surface area (Å²) in [7, 11) is 0. The van der Waals surface area contributed by atoms with Crippen molar-refractivity contribution >= 4 is 28.9 Å². The van der Waals surface area contributed by atoms with Gasteiger partial charge < -0.3 is 15.9 Å². The number of aliphatic imine (C=N–C) groups is 1. The Morgan fingerprint density at radius 1 is 1.38 bits per heavy atom. The lowest BCUT2D eigenvalue weighted by molar-refractivity contribution is -0.113. The summed E-state index contributed by atoms with van der Waals surface area (Å²) in [6, 6.07) is 4.49. The zero-order valence-electron chi connectivity index (χ0n) is 8.04. The van der Waals surface area contributed by atoms with Gasteiger partial charge in [-0.1, -0.05) is 12.1 Å². The molecule has 1 aromatic rings. The second kappa shape index (κ2) is 3.90. The fourth-order valence-corrected chi connectivity index (χ4v) is 1.90. The van der Waals surface area contributed by atoms with Crippen LogP contribution in [0.1, 0.15) is 5.56 Å². The third kappa shape index (κ3) is 1.87. The van der Waals surface area contributed by atoms with Gasteiger partial charge in [0, 0.05) is 5.56 Å². The van der Waals surface area contributed by atoms with Gasteiger partial charge in [0.1, 0.15) is 0 Å². The number of amidine groups is 1. The third-order valence-electron chi connectivity index (χ3n) is 1.97. The first-order chi connectivity index (χ1) is 7.58. The molecule has 0 radical (unpaired) electrons. The molecule has 1 aromatic carbocycles. The average molecular weight is 236 g/mol. The van der Waals surface area contributed by atoms with Gasteiger partial charge in [-0.2, -0.15) is 4.99 Å². The minimum atomic E-state index is -0.440. The van der Waals surface area contributed by atoms with Crippen molar-refractivity contribution in [3.05, 3.63) is 28.7 Å². The molecule has 1 heterocycles. The van der Waals surface area contributed by atoms with Gasteiger partial charge in [0.15, 0.2) is 16.7 Å². The quantitative estimate of drug-likeness (QED) is 0.500. The van der Waals surface area contributed by atoms with Crippen LogP contribution in [0.3, 0.4) is 0 Å². The van der Waals surface area contributed by atoms with Crippen LogP contribution in [-0.2, 0) is 4.79 Å². The first kappa shape index (κ1) is 10.6. The van der Waals surface area contributed by atoms with E-state index in [0.29, 0.717) is 10.5 Å². The number of hydrogen-bond acceptors (Lipinski definition) is 5. The van der Waals surface area contributed by atoms with E-state index < -0.39 is 5.91 Å². The molecular formula is C10H8N2O3S. The summed E-state index contributed by atoms with van der Waals surface area (Å²) in [6.07, 6.45) is 1.44. The second-order valence-electron chi connectivity index (χ2n) is 3.08. The highest BCUT2D eigenvalue weighted by Crippen LogP contribution is 2.33. The predicted molar refractivity (Wildman–Crippen MR) is 62.0 cm³/mol. The third-order valence-corrected chi connectivity index (χ3v) is 2.78. The Labute approximate surface area is 95.3 Å². The minimum absolute atomic E-state index is 0.177. The molecule has 1 aliphatic rings. The van der Waals surface area contributed by atoms with E-state index in [0.717, 1.165) is 11.8 Å². The Morgan fingerprint density at radius 2 is 2.12 bits per heavy atom. The maximum Gasteiger partial charge on any atom is 0.286 e. The van der Waals surface area contributed by atoms with E-state index in [4.69, 9.17) is 5.73 Å². The van der Waals surface area contributed by atoms with Crippen LogP contribution in [0.4, 0.5) is 0 Å². The lowest BCUT2D eigenvalue weighted by Gasteiger charge is -2.01. The molecule has 0 atom stereocenters. The van der Waals surface area contributed by atoms with Gasteiger partial charge in [0.05, 0.1) is 4.91 Å². The molecule has 5 nitrogen and oxygen atoms in total. The monoisotopic (exact) mass is 236 g/mol. The first-order valence-electron chi connectivity index (χ1n) is 4.37. The number of thioether (sulfide) groups is 1. The molecular weight excluding hydrogens is 228 g/mol. The maximum atomic E-state index is 11.3. The normalized spacial score (nSPS) is 17.9. The molecule has 0 aliphatic carbocycles. The van der Waals surface area contributed by atoms with Crippen LogP contribution in [0, 0.1) is 0 Å². The Kier molecular flexibility index (Phi) is 2.57. The summed E-state index contributed by atoms with van der Waals surface area (Å²) in [5.74, 6) is -0.946. The van der Waals surface area contributed by atoms with Crippen molar-refractivity contribution in [2.24, 2.45) is 10.7 Å². The van der Waals surface area contributed by atoms with Crippen LogP contribution in [0.5, 0.6) is 11.5 Å². The van der Waals surface area contributed by atoms with Crippen molar-refractivity contribution in [3.8, 4) is 11.5 Å². The minimum Gasteiger partial charge on any atom is -0.504 e. The van der Waals surface area contributed by atoms with Crippen molar-refractivity contribution in [1.29, 1.82) is 0 Å². The number of benzene rings is 1. The molecule has 4 N–H and O–H groups in total. The van der Waals surface area contributed by atoms with Crippen molar-refractivity contribution in [3.63, 3.8) is 0 Å². The summed E-state index contributed by atoms with van der Waals surface area (Å²) in [6.45, 7) is 0. The van der Waals surface area contributed by atoms with Crippen LogP contribution in [0.15, 0.2) is 28.1 Å². The van der Waals surface area contributed by atoms with Crippen molar-refractivity contribution in [2.45, 2.75) is 0 Å². The molecule has 0 saturated heterocycles. The average Bonchev–Trinajstić information content (AvgIpc) is 2.53. The number of phenolic OH excluding ortho intramolecular Hbond substituents is 2. The fourth-order valence-electron chi connectivity index (χ4n) is 1.23. The summed E-state index contributed by atoms with van der Waals surface area (Å²) in [4.78, 5) is 15.1. The number of nitrogens with two attached hydrogens (primary N) is 1. The van der Waals surface area contributed by atoms with Gasteiger partial charge in [-0.25, -0.2) is 0 Å². The Morgan fingerprint density at radius 3 is 2.75 bits per heavy atom. The summed E-state index contributed by atoms with van der Waals surface area (Å²) in [5, 5.41) is 19.0. The molecule has 1 aliphatic heterocycles. The highest BCUT2D eigenvalue weighted by atomic mass is 32.2. The van der Waals surface area contributed by atoms with Crippen LogP contribution in [-0.4, -0.2) is 21.3 Å². The van der Waals surface area contributed by atoms with Crippen LogP contribution < -0.4 is 5.73 Å². The molecule has 0 bridgehead atoms. The number of nitrogens with zero attached hydrogens (tertiary/aromatic N) is 1. The van der Waals surface area contributed by atoms with Crippen molar-refractivity contribution < 1.29 is 15.0 Å². The maximum absolute atomic E-state index is 11.3. The van der Waals surface area contributed by atoms with E-state index in [2.05, 4.69) is 4.99 Å². The van der Waals surface area contributed by atoms with E-state index in [1.807, 2.05) is 0 Å². The molecule has 0 aromatic heterocycles. The molecule has 1 amide bonds. The summed E-state index contributed by atoms with van der Waals surface area (Å²) >= 11 is 1.03. The lowest BCUT2D eigenvalue weighted by Crippen LogP contribution is -2.01. The van der Waals surface area contributed by atoms with E-state index in [1.165, 1.54) is 12.1 Å². The predicted octanol–water partition coefficient (Wildman–Crippen LogP) is 1.03. The first-order valence-corrected chi connectivity index (χ1v) is 5.18. The van der Waals surface area contributed by atoms with Gasteiger partial charge in [-0.3, -0.25) is 4.79 Å². The van der Waals surface area contributed by atoms with Gasteiger partial charge >= 0.3 is 0 Å². The molecule has 0 spiro atoms. The number of amides is 1. The molecule has 0 unspecified atom stereocenters. The molecule has 6 heteroatoms. The Bertz CT molecular complexity index is 523. The van der Waals surface area contributed by atoms with Gasteiger partial charge in [0.2, 0.25) is 0 Å². The van der Waals surface area contributed by atoms with Crippen LogP contribution >= 0.6 is 11.8 Å². The standard InChI is InChI=1S/C10H8N2O3S/c11-10-12-9(15)7(16-10)4-5-2-1-3-6(13)8(5)14/h1-4,13-14H,(H2,11,12,15)/b7-4-. The SMILES string of the molecule is NC1=NC(=O)/C(=C/c2cccc(O)c2O)S1. The number of rotatable bonds is 1. The smallest absolute Gasteiger partial charge is 0.286 e. The molecule has 16 heavy (non-hydrogen) atoms. The fraction of sp³-hybridized carbons (Fsp3) is 0. The van der Waals surface area contributed by atoms with Crippen molar-refractivity contribution in [1.82, 2.24) is 0 Å². The number of para-hydroxylation sites is 1. The van der Waals surface area contributed by atoms with E-state index in [-0.39, 0.29) is 16.7 Å². The zero-order valence-corrected chi connectivity index (χ0v) is 8.86. The summed E-state index contributed by atoms with van der Waals surface area (Å²) < 4.78 is 0. The Balaban J connectivity index is 2.38. The number of phenols is 2. The summed E-state index contributed by atoms with van der Waals surface area (Å²) in [5.41, 5.74) is 5.72. The van der Waals surface area contributed by atoms with Gasteiger partial charge in [-0.05, 0) is 23.9 Å². The number of aromatic hydroxyl groups is 2. The molecule has 0 saturated carbocycles. The van der Waals surface area contributed by atoms with Crippen LogP contribution in [0.25, 0.3) is 6.08 Å². The highest BCUT2D eigenvalue weighted by Gasteiger charge is 2.20.